The van der Waals surface area contributed by atoms with Crippen molar-refractivity contribution in [2.24, 2.45) is 5.73 Å². The van der Waals surface area contributed by atoms with Gasteiger partial charge in [-0.15, -0.1) is 12.4 Å². The number of esters is 1. The first kappa shape index (κ1) is 14.7. The van der Waals surface area contributed by atoms with Gasteiger partial charge >= 0.3 is 5.97 Å². The van der Waals surface area contributed by atoms with E-state index in [-0.39, 0.29) is 12.4 Å². The number of rotatable bonds is 4. The second-order valence-electron chi connectivity index (χ2n) is 3.00. The van der Waals surface area contributed by atoms with Crippen LogP contribution in [0, 0.1) is 0 Å². The molecule has 0 amide bonds. The van der Waals surface area contributed by atoms with Crippen molar-refractivity contribution in [3.05, 3.63) is 29.8 Å². The second-order valence-corrected chi connectivity index (χ2v) is 3.00. The molecule has 0 saturated heterocycles. The largest absolute Gasteiger partial charge is 0.494 e. The number of nitrogens with two attached hydrogens (primary N) is 1. The normalized spacial score (nSPS) is 11.2. The lowest BCUT2D eigenvalue weighted by Gasteiger charge is -2.10. The number of hydrogen-bond donors (Lipinski definition) is 1. The Bertz CT molecular complexity index is 327. The summed E-state index contributed by atoms with van der Waals surface area (Å²) in [6.07, 6.45) is 0. The number of halogens is 1. The Labute approximate surface area is 101 Å². The summed E-state index contributed by atoms with van der Waals surface area (Å²) in [5.74, 6) is 0.317. The Balaban J connectivity index is 0.00000225. The average molecular weight is 246 g/mol. The second kappa shape index (κ2) is 7.09. The van der Waals surface area contributed by atoms with E-state index in [0.717, 1.165) is 5.75 Å². The quantitative estimate of drug-likeness (QED) is 0.820. The topological polar surface area (TPSA) is 61.5 Å². The van der Waals surface area contributed by atoms with E-state index in [0.29, 0.717) is 12.2 Å². The molecule has 90 valence electrons. The van der Waals surface area contributed by atoms with E-state index >= 15 is 0 Å². The van der Waals surface area contributed by atoms with Crippen LogP contribution in [0.5, 0.6) is 5.75 Å². The molecule has 1 atom stereocenters. The monoisotopic (exact) mass is 245 g/mol. The van der Waals surface area contributed by atoms with E-state index in [1.165, 1.54) is 7.11 Å². The summed E-state index contributed by atoms with van der Waals surface area (Å²) in [5.41, 5.74) is 6.37. The number of hydrogen-bond acceptors (Lipinski definition) is 4. The summed E-state index contributed by atoms with van der Waals surface area (Å²) in [7, 11) is 1.32. The van der Waals surface area contributed by atoms with Gasteiger partial charge < -0.3 is 15.2 Å². The molecule has 0 bridgehead atoms. The molecule has 0 aliphatic rings. The Hall–Kier alpha value is -1.26. The van der Waals surface area contributed by atoms with Crippen LogP contribution in [0.15, 0.2) is 24.3 Å². The highest BCUT2D eigenvalue weighted by atomic mass is 35.5. The van der Waals surface area contributed by atoms with Gasteiger partial charge in [-0.3, -0.25) is 4.79 Å². The van der Waals surface area contributed by atoms with Crippen molar-refractivity contribution in [3.8, 4) is 5.75 Å². The van der Waals surface area contributed by atoms with E-state index in [1.807, 2.05) is 6.92 Å². The van der Waals surface area contributed by atoms with Crippen LogP contribution in [0.3, 0.4) is 0 Å². The van der Waals surface area contributed by atoms with Crippen molar-refractivity contribution in [1.82, 2.24) is 0 Å². The molecule has 1 rings (SSSR count). The summed E-state index contributed by atoms with van der Waals surface area (Å²) in [5, 5.41) is 0. The van der Waals surface area contributed by atoms with Gasteiger partial charge in [0, 0.05) is 0 Å². The van der Waals surface area contributed by atoms with Crippen molar-refractivity contribution in [2.45, 2.75) is 13.0 Å². The van der Waals surface area contributed by atoms with Gasteiger partial charge in [-0.25, -0.2) is 0 Å². The fraction of sp³-hybridized carbons (Fsp3) is 0.364. The van der Waals surface area contributed by atoms with E-state index in [1.54, 1.807) is 24.3 Å². The molecule has 4 nitrogen and oxygen atoms in total. The van der Waals surface area contributed by atoms with Gasteiger partial charge in [0.1, 0.15) is 11.8 Å². The van der Waals surface area contributed by atoms with Crippen LogP contribution >= 0.6 is 12.4 Å². The molecule has 0 aliphatic heterocycles. The highest BCUT2D eigenvalue weighted by Crippen LogP contribution is 2.17. The minimum Gasteiger partial charge on any atom is -0.494 e. The highest BCUT2D eigenvalue weighted by molar-refractivity contribution is 5.85. The number of carbonyl (C=O) groups is 1. The number of benzene rings is 1. The molecule has 16 heavy (non-hydrogen) atoms. The summed E-state index contributed by atoms with van der Waals surface area (Å²) in [4.78, 5) is 11.1. The first-order valence-corrected chi connectivity index (χ1v) is 4.75. The predicted molar refractivity (Wildman–Crippen MR) is 63.8 cm³/mol. The van der Waals surface area contributed by atoms with Crippen LogP contribution in [0.25, 0.3) is 0 Å². The number of carbonyl (C=O) groups excluding carboxylic acids is 1. The van der Waals surface area contributed by atoms with Crippen LogP contribution in [0.1, 0.15) is 18.5 Å². The molecule has 1 aromatic rings. The molecule has 5 heteroatoms. The number of methoxy groups -OCH3 is 1. The fourth-order valence-electron chi connectivity index (χ4n) is 1.20. The zero-order chi connectivity index (χ0) is 11.3. The summed E-state index contributed by atoms with van der Waals surface area (Å²) in [6, 6.07) is 6.34. The van der Waals surface area contributed by atoms with Crippen LogP contribution in [0.4, 0.5) is 0 Å². The predicted octanol–water partition coefficient (Wildman–Crippen LogP) is 1.68. The summed E-state index contributed by atoms with van der Waals surface area (Å²) >= 11 is 0. The lowest BCUT2D eigenvalue weighted by Crippen LogP contribution is -2.22. The Morgan fingerprint density at radius 3 is 2.38 bits per heavy atom. The van der Waals surface area contributed by atoms with Gasteiger partial charge in [0.2, 0.25) is 0 Å². The van der Waals surface area contributed by atoms with Crippen molar-refractivity contribution >= 4 is 18.4 Å². The molecule has 0 fully saturated rings. The minimum absolute atomic E-state index is 0. The first-order chi connectivity index (χ1) is 7.19. The van der Waals surface area contributed by atoms with E-state index < -0.39 is 12.0 Å². The maximum atomic E-state index is 11.1. The number of ether oxygens (including phenoxy) is 2. The zero-order valence-electron chi connectivity index (χ0n) is 9.30. The lowest BCUT2D eigenvalue weighted by molar-refractivity contribution is -0.142. The molecule has 0 heterocycles. The van der Waals surface area contributed by atoms with Crippen molar-refractivity contribution in [3.63, 3.8) is 0 Å². The molecular formula is C11H16ClNO3. The molecule has 0 spiro atoms. The van der Waals surface area contributed by atoms with Gasteiger partial charge in [0.05, 0.1) is 13.7 Å². The third kappa shape index (κ3) is 3.72. The highest BCUT2D eigenvalue weighted by Gasteiger charge is 2.15. The summed E-state index contributed by atoms with van der Waals surface area (Å²) < 4.78 is 9.82. The first-order valence-electron chi connectivity index (χ1n) is 4.75. The Kier molecular flexibility index (Phi) is 6.53. The van der Waals surface area contributed by atoms with Crippen LogP contribution < -0.4 is 10.5 Å². The van der Waals surface area contributed by atoms with Gasteiger partial charge in [0.15, 0.2) is 0 Å². The van der Waals surface area contributed by atoms with Crippen LogP contribution in [-0.4, -0.2) is 19.7 Å². The van der Waals surface area contributed by atoms with Crippen molar-refractivity contribution < 1.29 is 14.3 Å². The molecule has 0 saturated carbocycles. The van der Waals surface area contributed by atoms with Gasteiger partial charge in [-0.05, 0) is 24.6 Å². The maximum absolute atomic E-state index is 11.1. The van der Waals surface area contributed by atoms with Crippen molar-refractivity contribution in [1.29, 1.82) is 0 Å². The van der Waals surface area contributed by atoms with Crippen molar-refractivity contribution in [2.75, 3.05) is 13.7 Å². The minimum atomic E-state index is -0.731. The molecule has 0 radical (unpaired) electrons. The SMILES string of the molecule is CCOc1ccc([C@H](N)C(=O)OC)cc1.Cl. The average Bonchev–Trinajstić information content (AvgIpc) is 2.28. The molecule has 1 aromatic carbocycles. The van der Waals surface area contributed by atoms with E-state index in [9.17, 15) is 4.79 Å². The Morgan fingerprint density at radius 2 is 1.94 bits per heavy atom. The molecule has 2 N–H and O–H groups in total. The molecule has 0 aromatic heterocycles. The van der Waals surface area contributed by atoms with Gasteiger partial charge in [-0.2, -0.15) is 0 Å². The van der Waals surface area contributed by atoms with E-state index in [4.69, 9.17) is 10.5 Å². The molecule has 0 unspecified atom stereocenters. The van der Waals surface area contributed by atoms with Gasteiger partial charge in [0.25, 0.3) is 0 Å². The lowest BCUT2D eigenvalue weighted by atomic mass is 10.1. The zero-order valence-corrected chi connectivity index (χ0v) is 10.1. The van der Waals surface area contributed by atoms with Gasteiger partial charge in [-0.1, -0.05) is 12.1 Å². The fourth-order valence-corrected chi connectivity index (χ4v) is 1.20. The summed E-state index contributed by atoms with van der Waals surface area (Å²) in [6.45, 7) is 2.52. The van der Waals surface area contributed by atoms with E-state index in [2.05, 4.69) is 4.74 Å². The standard InChI is InChI=1S/C11H15NO3.ClH/c1-3-15-9-6-4-8(5-7-9)10(12)11(13)14-2;/h4-7,10H,3,12H2,1-2H3;1H/t10-;/m0./s1. The smallest absolute Gasteiger partial charge is 0.327 e. The Morgan fingerprint density at radius 1 is 1.38 bits per heavy atom. The maximum Gasteiger partial charge on any atom is 0.327 e. The molecule has 0 aliphatic carbocycles. The molecular weight excluding hydrogens is 230 g/mol. The van der Waals surface area contributed by atoms with Crippen LogP contribution in [-0.2, 0) is 9.53 Å². The third-order valence-electron chi connectivity index (χ3n) is 2.01. The van der Waals surface area contributed by atoms with Crippen LogP contribution in [0.2, 0.25) is 0 Å². The third-order valence-corrected chi connectivity index (χ3v) is 2.01.